The molecular weight excluding hydrogens is 435 g/mol. The average Bonchev–Trinajstić information content (AvgIpc) is 2.88. The van der Waals surface area contributed by atoms with E-state index in [1.54, 1.807) is 19.2 Å². The van der Waals surface area contributed by atoms with E-state index in [9.17, 15) is 9.18 Å². The molecule has 34 heavy (non-hydrogen) atoms. The van der Waals surface area contributed by atoms with Gasteiger partial charge in [-0.3, -0.25) is 4.79 Å². The molecule has 2 aliphatic rings. The second-order valence-electron chi connectivity index (χ2n) is 9.06. The number of likely N-dealkylation sites (tertiary alicyclic amines) is 1. The summed E-state index contributed by atoms with van der Waals surface area (Å²) in [6.07, 6.45) is 3.93. The molecule has 1 amide bonds. The van der Waals surface area contributed by atoms with Crippen molar-refractivity contribution in [3.63, 3.8) is 0 Å². The first kappa shape index (κ1) is 24.6. The molecule has 2 aromatic rings. The number of rotatable bonds is 9. The Hall–Kier alpha value is -2.48. The lowest BCUT2D eigenvalue weighted by atomic mass is 10.0. The van der Waals surface area contributed by atoms with Crippen molar-refractivity contribution in [2.45, 2.75) is 51.0 Å². The Morgan fingerprint density at radius 2 is 1.68 bits per heavy atom. The Morgan fingerprint density at radius 1 is 1.03 bits per heavy atom. The van der Waals surface area contributed by atoms with Crippen LogP contribution in [0.4, 0.5) is 4.39 Å². The van der Waals surface area contributed by atoms with Gasteiger partial charge in [-0.2, -0.15) is 0 Å². The molecule has 0 atom stereocenters. The maximum Gasteiger partial charge on any atom is 0.227 e. The van der Waals surface area contributed by atoms with E-state index in [-0.39, 0.29) is 24.1 Å². The highest BCUT2D eigenvalue weighted by molar-refractivity contribution is 5.79. The summed E-state index contributed by atoms with van der Waals surface area (Å²) in [5.41, 5.74) is 1.90. The van der Waals surface area contributed by atoms with E-state index in [0.29, 0.717) is 13.0 Å². The van der Waals surface area contributed by atoms with Gasteiger partial charge in [0, 0.05) is 38.6 Å². The number of nitrogens with zero attached hydrogens (tertiary/aromatic N) is 2. The lowest BCUT2D eigenvalue weighted by Gasteiger charge is -2.39. The number of amides is 1. The third kappa shape index (κ3) is 7.01. The van der Waals surface area contributed by atoms with Crippen LogP contribution in [0.5, 0.6) is 5.75 Å². The van der Waals surface area contributed by atoms with Gasteiger partial charge in [0.05, 0.1) is 26.7 Å². The van der Waals surface area contributed by atoms with Gasteiger partial charge >= 0.3 is 0 Å². The number of hydrogen-bond donors (Lipinski definition) is 0. The van der Waals surface area contributed by atoms with E-state index in [1.165, 1.54) is 12.1 Å². The van der Waals surface area contributed by atoms with Crippen LogP contribution in [-0.4, -0.2) is 68.0 Å². The van der Waals surface area contributed by atoms with Gasteiger partial charge in [-0.05, 0) is 54.7 Å². The number of benzene rings is 2. The molecule has 0 aromatic heterocycles. The quantitative estimate of drug-likeness (QED) is 0.554. The van der Waals surface area contributed by atoms with Gasteiger partial charge in [-0.25, -0.2) is 4.39 Å². The predicted octanol–water partition coefficient (Wildman–Crippen LogP) is 4.02. The molecule has 0 aliphatic carbocycles. The average molecular weight is 471 g/mol. The van der Waals surface area contributed by atoms with Gasteiger partial charge in [-0.1, -0.05) is 24.3 Å². The summed E-state index contributed by atoms with van der Waals surface area (Å²) >= 11 is 0. The van der Waals surface area contributed by atoms with Crippen molar-refractivity contribution in [2.75, 3.05) is 40.0 Å². The summed E-state index contributed by atoms with van der Waals surface area (Å²) in [6.45, 7) is 4.86. The van der Waals surface area contributed by atoms with Crippen LogP contribution in [0.1, 0.15) is 36.8 Å². The minimum atomic E-state index is -0.265. The van der Waals surface area contributed by atoms with Crippen LogP contribution in [-0.2, 0) is 27.2 Å². The Bertz CT molecular complexity index is 892. The van der Waals surface area contributed by atoms with Gasteiger partial charge in [0.2, 0.25) is 5.91 Å². The third-order valence-corrected chi connectivity index (χ3v) is 6.68. The van der Waals surface area contributed by atoms with Crippen LogP contribution in [0.25, 0.3) is 0 Å². The van der Waals surface area contributed by atoms with Gasteiger partial charge in [0.1, 0.15) is 11.6 Å². The second-order valence-corrected chi connectivity index (χ2v) is 9.06. The van der Waals surface area contributed by atoms with E-state index in [4.69, 9.17) is 14.2 Å². The summed E-state index contributed by atoms with van der Waals surface area (Å²) in [4.78, 5) is 17.8. The fraction of sp³-hybridized carbons (Fsp3) is 0.519. The summed E-state index contributed by atoms with van der Waals surface area (Å²) in [7, 11) is 1.63. The van der Waals surface area contributed by atoms with Crippen LogP contribution >= 0.6 is 0 Å². The smallest absolute Gasteiger partial charge is 0.227 e. The Balaban J connectivity index is 1.37. The zero-order valence-corrected chi connectivity index (χ0v) is 20.0. The molecular formula is C27H35FN2O4. The molecule has 7 heteroatoms. The minimum Gasteiger partial charge on any atom is -0.497 e. The number of halogens is 1. The summed E-state index contributed by atoms with van der Waals surface area (Å²) in [6, 6.07) is 14.2. The molecule has 2 heterocycles. The highest BCUT2D eigenvalue weighted by atomic mass is 19.1. The molecule has 0 radical (unpaired) electrons. The molecule has 184 valence electrons. The van der Waals surface area contributed by atoms with Crippen LogP contribution in [0.15, 0.2) is 48.5 Å². The van der Waals surface area contributed by atoms with Crippen molar-refractivity contribution < 1.29 is 23.4 Å². The van der Waals surface area contributed by atoms with E-state index in [0.717, 1.165) is 75.4 Å². The topological polar surface area (TPSA) is 51.2 Å². The van der Waals surface area contributed by atoms with E-state index in [2.05, 4.69) is 4.90 Å². The molecule has 0 N–H and O–H groups in total. The van der Waals surface area contributed by atoms with Crippen LogP contribution in [0.3, 0.4) is 0 Å². The SMILES string of the molecule is COc1ccc(CC(=O)N(Cc2ccc(F)cc2)C2CCN(CCC3OCCCO3)CC2)cc1. The fourth-order valence-electron chi connectivity index (χ4n) is 4.67. The molecule has 2 saturated heterocycles. The third-order valence-electron chi connectivity index (χ3n) is 6.68. The number of hydrogen-bond acceptors (Lipinski definition) is 5. The summed E-state index contributed by atoms with van der Waals surface area (Å²) in [5.74, 6) is 0.604. The molecule has 0 saturated carbocycles. The standard InChI is InChI=1S/C27H35FN2O4/c1-32-25-9-5-21(6-10-25)19-26(31)30(20-22-3-7-23(28)8-4-22)24-11-14-29(15-12-24)16-13-27-33-17-2-18-34-27/h3-10,24,27H,2,11-20H2,1H3. The molecule has 6 nitrogen and oxygen atoms in total. The van der Waals surface area contributed by atoms with Gasteiger partial charge in [-0.15, -0.1) is 0 Å². The molecule has 0 spiro atoms. The molecule has 0 bridgehead atoms. The maximum absolute atomic E-state index is 13.4. The van der Waals surface area contributed by atoms with Crippen molar-refractivity contribution in [3.8, 4) is 5.75 Å². The first-order chi connectivity index (χ1) is 16.6. The Labute approximate surface area is 201 Å². The monoisotopic (exact) mass is 470 g/mol. The lowest BCUT2D eigenvalue weighted by molar-refractivity contribution is -0.182. The molecule has 2 aliphatic heterocycles. The number of piperidine rings is 1. The van der Waals surface area contributed by atoms with Crippen molar-refractivity contribution in [1.29, 1.82) is 0 Å². The van der Waals surface area contributed by atoms with Gasteiger partial charge in [0.15, 0.2) is 6.29 Å². The zero-order chi connectivity index (χ0) is 23.8. The van der Waals surface area contributed by atoms with E-state index < -0.39 is 0 Å². The largest absolute Gasteiger partial charge is 0.497 e. The van der Waals surface area contributed by atoms with Crippen LogP contribution in [0.2, 0.25) is 0 Å². The van der Waals surface area contributed by atoms with Crippen molar-refractivity contribution in [3.05, 3.63) is 65.5 Å². The van der Waals surface area contributed by atoms with Crippen molar-refractivity contribution >= 4 is 5.91 Å². The second kappa shape index (κ2) is 12.3. The fourth-order valence-corrected chi connectivity index (χ4v) is 4.67. The highest BCUT2D eigenvalue weighted by Gasteiger charge is 2.28. The molecule has 2 fully saturated rings. The van der Waals surface area contributed by atoms with Gasteiger partial charge in [0.25, 0.3) is 0 Å². The van der Waals surface area contributed by atoms with Crippen LogP contribution in [0, 0.1) is 5.82 Å². The van der Waals surface area contributed by atoms with E-state index >= 15 is 0 Å². The summed E-state index contributed by atoms with van der Waals surface area (Å²) < 4.78 is 30.0. The molecule has 0 unspecified atom stereocenters. The van der Waals surface area contributed by atoms with Crippen molar-refractivity contribution in [1.82, 2.24) is 9.80 Å². The van der Waals surface area contributed by atoms with Crippen molar-refractivity contribution in [2.24, 2.45) is 0 Å². The lowest BCUT2D eigenvalue weighted by Crippen LogP contribution is -2.48. The maximum atomic E-state index is 13.4. The first-order valence-corrected chi connectivity index (χ1v) is 12.2. The highest BCUT2D eigenvalue weighted by Crippen LogP contribution is 2.22. The number of methoxy groups -OCH3 is 1. The Morgan fingerprint density at radius 3 is 2.32 bits per heavy atom. The molecule has 2 aromatic carbocycles. The zero-order valence-electron chi connectivity index (χ0n) is 20.0. The number of carbonyl (C=O) groups is 1. The Kier molecular flexibility index (Phi) is 8.91. The normalized spacial score (nSPS) is 18.1. The first-order valence-electron chi connectivity index (χ1n) is 12.2. The molecule has 4 rings (SSSR count). The number of carbonyl (C=O) groups excluding carboxylic acids is 1. The van der Waals surface area contributed by atoms with Gasteiger partial charge < -0.3 is 24.0 Å². The van der Waals surface area contributed by atoms with E-state index in [1.807, 2.05) is 29.2 Å². The van der Waals surface area contributed by atoms with Crippen LogP contribution < -0.4 is 4.74 Å². The predicted molar refractivity (Wildman–Crippen MR) is 128 cm³/mol. The number of ether oxygens (including phenoxy) is 3. The minimum absolute atomic E-state index is 0.0903. The summed E-state index contributed by atoms with van der Waals surface area (Å²) in [5, 5.41) is 0.